The van der Waals surface area contributed by atoms with E-state index in [9.17, 15) is 4.79 Å². The number of aryl methyl sites for hydroxylation is 2. The molecular weight excluding hydrogens is 348 g/mol. The fourth-order valence-electron chi connectivity index (χ4n) is 2.47. The van der Waals surface area contributed by atoms with E-state index in [-0.39, 0.29) is 5.91 Å². The first-order chi connectivity index (χ1) is 12.5. The summed E-state index contributed by atoms with van der Waals surface area (Å²) in [5, 5.41) is 5.86. The summed E-state index contributed by atoms with van der Waals surface area (Å²) in [4.78, 5) is 17.0. The third-order valence-electron chi connectivity index (χ3n) is 3.75. The highest BCUT2D eigenvalue weighted by atomic mass is 32.1. The second-order valence-corrected chi connectivity index (χ2v) is 6.89. The molecule has 0 saturated heterocycles. The molecule has 3 rings (SSSR count). The number of amides is 1. The number of ether oxygens (including phenoxy) is 2. The third-order valence-corrected chi connectivity index (χ3v) is 4.58. The summed E-state index contributed by atoms with van der Waals surface area (Å²) < 4.78 is 11.1. The maximum atomic E-state index is 12.6. The molecule has 1 amide bonds. The minimum absolute atomic E-state index is 0.219. The predicted molar refractivity (Wildman–Crippen MR) is 103 cm³/mol. The van der Waals surface area contributed by atoms with E-state index in [0.29, 0.717) is 29.4 Å². The Balaban J connectivity index is 1.71. The molecule has 26 heavy (non-hydrogen) atoms. The molecule has 134 valence electrons. The van der Waals surface area contributed by atoms with Crippen molar-refractivity contribution in [3.63, 3.8) is 0 Å². The molecule has 1 aromatic heterocycles. The van der Waals surface area contributed by atoms with E-state index in [1.54, 1.807) is 36.6 Å². The molecule has 0 fully saturated rings. The second-order valence-electron chi connectivity index (χ2n) is 5.83. The number of nitrogens with zero attached hydrogens (tertiary/aromatic N) is 1. The molecular formula is C20H20N2O3S. The van der Waals surface area contributed by atoms with E-state index in [1.165, 1.54) is 0 Å². The van der Waals surface area contributed by atoms with Crippen LogP contribution in [0.5, 0.6) is 11.5 Å². The number of hydrogen-bond donors (Lipinski definition) is 1. The number of benzene rings is 2. The number of hydrogen-bond acceptors (Lipinski definition) is 5. The van der Waals surface area contributed by atoms with Gasteiger partial charge < -0.3 is 14.8 Å². The molecule has 0 saturated carbocycles. The molecule has 6 heteroatoms. The predicted octanol–water partition coefficient (Wildman–Crippen LogP) is 4.60. The van der Waals surface area contributed by atoms with E-state index in [4.69, 9.17) is 9.47 Å². The molecule has 0 aliphatic heterocycles. The summed E-state index contributed by atoms with van der Waals surface area (Å²) in [6.07, 6.45) is 0. The normalized spacial score (nSPS) is 10.4. The summed E-state index contributed by atoms with van der Waals surface area (Å²) in [5.41, 5.74) is 3.07. The number of rotatable bonds is 6. The van der Waals surface area contributed by atoms with Crippen LogP contribution < -0.4 is 14.8 Å². The van der Waals surface area contributed by atoms with Crippen molar-refractivity contribution < 1.29 is 14.3 Å². The Labute approximate surface area is 156 Å². The van der Waals surface area contributed by atoms with Gasteiger partial charge in [-0.2, -0.15) is 0 Å². The number of aromatic nitrogens is 1. The first kappa shape index (κ1) is 17.9. The summed E-state index contributed by atoms with van der Waals surface area (Å²) in [7, 11) is 1.58. The van der Waals surface area contributed by atoms with Crippen LogP contribution in [-0.2, 0) is 6.61 Å². The van der Waals surface area contributed by atoms with Crippen molar-refractivity contribution in [1.82, 2.24) is 4.98 Å². The average Bonchev–Trinajstić information content (AvgIpc) is 3.06. The smallest absolute Gasteiger partial charge is 0.255 e. The molecule has 0 aliphatic carbocycles. The third kappa shape index (κ3) is 4.40. The summed E-state index contributed by atoms with van der Waals surface area (Å²) in [6, 6.07) is 12.7. The first-order valence-electron chi connectivity index (χ1n) is 8.15. The zero-order valence-corrected chi connectivity index (χ0v) is 15.7. The van der Waals surface area contributed by atoms with Crippen molar-refractivity contribution in [1.29, 1.82) is 0 Å². The maximum Gasteiger partial charge on any atom is 0.255 e. The van der Waals surface area contributed by atoms with Crippen molar-refractivity contribution in [3.05, 3.63) is 69.7 Å². The Hall–Kier alpha value is -2.86. The van der Waals surface area contributed by atoms with Crippen LogP contribution >= 0.6 is 11.3 Å². The van der Waals surface area contributed by atoms with Gasteiger partial charge in [0.15, 0.2) is 0 Å². The zero-order valence-electron chi connectivity index (χ0n) is 14.9. The molecule has 1 N–H and O–H groups in total. The molecule has 0 bridgehead atoms. The van der Waals surface area contributed by atoms with E-state index in [2.05, 4.69) is 10.3 Å². The maximum absolute atomic E-state index is 12.6. The summed E-state index contributed by atoms with van der Waals surface area (Å²) in [6.45, 7) is 4.30. The Morgan fingerprint density at radius 2 is 2.04 bits per heavy atom. The van der Waals surface area contributed by atoms with Gasteiger partial charge in [0.05, 0.1) is 23.5 Å². The lowest BCUT2D eigenvalue weighted by atomic mass is 10.1. The van der Waals surface area contributed by atoms with Crippen molar-refractivity contribution in [2.24, 2.45) is 0 Å². The Morgan fingerprint density at radius 1 is 1.19 bits per heavy atom. The molecule has 2 aromatic carbocycles. The SMILES string of the molecule is COc1ccc(C)cc1NC(=O)c1cccc(OCc2csc(C)n2)c1. The van der Waals surface area contributed by atoms with Gasteiger partial charge in [-0.25, -0.2) is 4.98 Å². The van der Waals surface area contributed by atoms with Crippen molar-refractivity contribution >= 4 is 22.9 Å². The molecule has 5 nitrogen and oxygen atoms in total. The van der Waals surface area contributed by atoms with Crippen molar-refractivity contribution in [2.75, 3.05) is 12.4 Å². The Morgan fingerprint density at radius 3 is 2.77 bits per heavy atom. The standard InChI is InChI=1S/C20H20N2O3S/c1-13-7-8-19(24-3)18(9-13)22-20(23)15-5-4-6-17(10-15)25-11-16-12-26-14(2)21-16/h4-10,12H,11H2,1-3H3,(H,22,23). The highest BCUT2D eigenvalue weighted by Crippen LogP contribution is 2.26. The van der Waals surface area contributed by atoms with E-state index in [0.717, 1.165) is 16.3 Å². The van der Waals surface area contributed by atoms with Crippen LogP contribution in [0.4, 0.5) is 5.69 Å². The largest absolute Gasteiger partial charge is 0.495 e. The number of nitrogens with one attached hydrogen (secondary N) is 1. The van der Waals surface area contributed by atoms with Crippen LogP contribution in [0.3, 0.4) is 0 Å². The van der Waals surface area contributed by atoms with Gasteiger partial charge >= 0.3 is 0 Å². The van der Waals surface area contributed by atoms with Gasteiger partial charge in [0, 0.05) is 10.9 Å². The number of carbonyl (C=O) groups excluding carboxylic acids is 1. The molecule has 0 radical (unpaired) electrons. The van der Waals surface area contributed by atoms with Crippen LogP contribution in [0.15, 0.2) is 47.8 Å². The van der Waals surface area contributed by atoms with Crippen LogP contribution in [0.1, 0.15) is 26.6 Å². The molecule has 1 heterocycles. The van der Waals surface area contributed by atoms with Gasteiger partial charge in [0.1, 0.15) is 18.1 Å². The quantitative estimate of drug-likeness (QED) is 0.691. The number of thiazole rings is 1. The molecule has 0 spiro atoms. The van der Waals surface area contributed by atoms with Gasteiger partial charge in [0.2, 0.25) is 0 Å². The number of carbonyl (C=O) groups is 1. The fourth-order valence-corrected chi connectivity index (χ4v) is 3.07. The lowest BCUT2D eigenvalue weighted by Gasteiger charge is -2.12. The van der Waals surface area contributed by atoms with Gasteiger partial charge in [-0.3, -0.25) is 4.79 Å². The minimum atomic E-state index is -0.219. The second kappa shape index (κ2) is 8.01. The lowest BCUT2D eigenvalue weighted by Crippen LogP contribution is -2.13. The monoisotopic (exact) mass is 368 g/mol. The topological polar surface area (TPSA) is 60.5 Å². The number of methoxy groups -OCH3 is 1. The fraction of sp³-hybridized carbons (Fsp3) is 0.200. The van der Waals surface area contributed by atoms with Gasteiger partial charge in [0.25, 0.3) is 5.91 Å². The molecule has 0 unspecified atom stereocenters. The molecule has 0 atom stereocenters. The highest BCUT2D eigenvalue weighted by molar-refractivity contribution is 7.09. The summed E-state index contributed by atoms with van der Waals surface area (Å²) >= 11 is 1.59. The van der Waals surface area contributed by atoms with Crippen LogP contribution in [0, 0.1) is 13.8 Å². The Bertz CT molecular complexity index is 921. The number of anilines is 1. The Kier molecular flexibility index (Phi) is 5.53. The van der Waals surface area contributed by atoms with Gasteiger partial charge in [-0.15, -0.1) is 11.3 Å². The minimum Gasteiger partial charge on any atom is -0.495 e. The van der Waals surface area contributed by atoms with Crippen LogP contribution in [-0.4, -0.2) is 18.0 Å². The van der Waals surface area contributed by atoms with Crippen LogP contribution in [0.2, 0.25) is 0 Å². The lowest BCUT2D eigenvalue weighted by molar-refractivity contribution is 0.102. The highest BCUT2D eigenvalue weighted by Gasteiger charge is 2.11. The van der Waals surface area contributed by atoms with Crippen molar-refractivity contribution in [2.45, 2.75) is 20.5 Å². The molecule has 3 aromatic rings. The average molecular weight is 368 g/mol. The zero-order chi connectivity index (χ0) is 18.5. The van der Waals surface area contributed by atoms with Gasteiger partial charge in [-0.1, -0.05) is 12.1 Å². The summed E-state index contributed by atoms with van der Waals surface area (Å²) in [5.74, 6) is 1.03. The molecule has 0 aliphatic rings. The van der Waals surface area contributed by atoms with Crippen LogP contribution in [0.25, 0.3) is 0 Å². The van der Waals surface area contributed by atoms with Crippen molar-refractivity contribution in [3.8, 4) is 11.5 Å². The first-order valence-corrected chi connectivity index (χ1v) is 9.03. The van der Waals surface area contributed by atoms with E-state index < -0.39 is 0 Å². The van der Waals surface area contributed by atoms with E-state index in [1.807, 2.05) is 43.5 Å². The van der Waals surface area contributed by atoms with Gasteiger partial charge in [-0.05, 0) is 49.7 Å². The van der Waals surface area contributed by atoms with E-state index >= 15 is 0 Å².